The topological polar surface area (TPSA) is 90.1 Å². The largest absolute Gasteiger partial charge is 0.493 e. The normalized spacial score (nSPS) is 15.8. The Hall–Kier alpha value is -5.44. The molecule has 2 saturated heterocycles. The molecule has 8 nitrogen and oxygen atoms in total. The van der Waals surface area contributed by atoms with Crippen LogP contribution in [-0.2, 0) is 9.47 Å². The number of rotatable bonds is 17. The fourth-order valence-electron chi connectivity index (χ4n) is 5.86. The van der Waals surface area contributed by atoms with Crippen LogP contribution in [0.1, 0.15) is 53.3 Å². The molecule has 0 N–H and O–H groups in total. The van der Waals surface area contributed by atoms with Crippen LogP contribution in [0, 0.1) is 0 Å². The van der Waals surface area contributed by atoms with Gasteiger partial charge in [-0.05, 0) is 101 Å². The van der Waals surface area contributed by atoms with Crippen molar-refractivity contribution in [2.24, 2.45) is 0 Å². The second kappa shape index (κ2) is 16.7. The molecule has 2 atom stereocenters. The van der Waals surface area contributed by atoms with Crippen LogP contribution in [0.4, 0.5) is 5.69 Å². The van der Waals surface area contributed by atoms with E-state index in [2.05, 4.69) is 6.92 Å². The predicted molar refractivity (Wildman–Crippen MR) is 201 cm³/mol. The number of carbonyl (C=O) groups is 2. The quantitative estimate of drug-likeness (QED) is 0.0544. The Balaban J connectivity index is 0.941. The predicted octanol–water partition coefficient (Wildman–Crippen LogP) is 9.02. The molecular weight excluding hydrogens is 654 g/mol. The van der Waals surface area contributed by atoms with Gasteiger partial charge >= 0.3 is 5.97 Å². The van der Waals surface area contributed by atoms with Gasteiger partial charge in [0.15, 0.2) is 0 Å². The molecular formula is C44H43NO7. The van der Waals surface area contributed by atoms with E-state index < -0.39 is 5.97 Å². The summed E-state index contributed by atoms with van der Waals surface area (Å²) in [6, 6.07) is 38.0. The SMILES string of the molecule is CCCCN(C(=O)c1ccc(-c2ccc(OCCC3CO3)cc2)cc1)c1ccc(OC(=O)c2ccc(-c3ccc(OCCC4CO4)cc3)cc2)cc1. The Labute approximate surface area is 304 Å². The van der Waals surface area contributed by atoms with Gasteiger partial charge in [0.05, 0.1) is 44.2 Å². The molecule has 2 aliphatic heterocycles. The number of anilines is 1. The zero-order valence-electron chi connectivity index (χ0n) is 29.4. The van der Waals surface area contributed by atoms with Gasteiger partial charge in [0.25, 0.3) is 5.91 Å². The highest BCUT2D eigenvalue weighted by atomic mass is 16.6. The van der Waals surface area contributed by atoms with Crippen molar-refractivity contribution in [1.82, 2.24) is 0 Å². The van der Waals surface area contributed by atoms with Crippen LogP contribution in [-0.4, -0.2) is 57.1 Å². The first-order chi connectivity index (χ1) is 25.5. The Kier molecular flexibility index (Phi) is 11.2. The van der Waals surface area contributed by atoms with Gasteiger partial charge < -0.3 is 28.6 Å². The first-order valence-corrected chi connectivity index (χ1v) is 18.1. The summed E-state index contributed by atoms with van der Waals surface area (Å²) in [5.74, 6) is 1.52. The van der Waals surface area contributed by atoms with E-state index in [1.54, 1.807) is 29.2 Å². The minimum atomic E-state index is -0.451. The maximum atomic E-state index is 13.8. The molecule has 52 heavy (non-hydrogen) atoms. The van der Waals surface area contributed by atoms with E-state index >= 15 is 0 Å². The highest BCUT2D eigenvalue weighted by molar-refractivity contribution is 6.06. The van der Waals surface area contributed by atoms with Crippen LogP contribution < -0.4 is 19.1 Å². The standard InChI is InChI=1S/C44H43NO7/c1-2-3-26-45(43(46)35-8-4-31(5-9-35)33-12-18-38(19-13-33)48-27-24-41-29-50-41)37-16-22-40(23-17-37)52-44(47)36-10-6-32(7-11-36)34-14-20-39(21-15-34)49-28-25-42-30-51-42/h4-23,41-42H,2-3,24-30H2,1H3. The summed E-state index contributed by atoms with van der Waals surface area (Å²) >= 11 is 0. The fourth-order valence-corrected chi connectivity index (χ4v) is 5.86. The molecule has 7 rings (SSSR count). The zero-order valence-corrected chi connectivity index (χ0v) is 29.4. The van der Waals surface area contributed by atoms with E-state index in [1.165, 1.54) is 0 Å². The van der Waals surface area contributed by atoms with Crippen LogP contribution in [0.25, 0.3) is 22.3 Å². The summed E-state index contributed by atoms with van der Waals surface area (Å²) in [7, 11) is 0. The van der Waals surface area contributed by atoms with Gasteiger partial charge in [0.2, 0.25) is 0 Å². The van der Waals surface area contributed by atoms with E-state index in [4.69, 9.17) is 23.7 Å². The number of carbonyl (C=O) groups excluding carboxylic acids is 2. The molecule has 2 aliphatic rings. The minimum Gasteiger partial charge on any atom is -0.493 e. The van der Waals surface area contributed by atoms with Crippen molar-refractivity contribution in [3.63, 3.8) is 0 Å². The highest BCUT2D eigenvalue weighted by Gasteiger charge is 2.23. The number of hydrogen-bond donors (Lipinski definition) is 0. The lowest BCUT2D eigenvalue weighted by Gasteiger charge is -2.23. The van der Waals surface area contributed by atoms with Crippen molar-refractivity contribution >= 4 is 17.6 Å². The molecule has 5 aromatic carbocycles. The molecule has 0 aliphatic carbocycles. The van der Waals surface area contributed by atoms with Crippen molar-refractivity contribution in [2.45, 2.75) is 44.8 Å². The van der Waals surface area contributed by atoms with Crippen molar-refractivity contribution in [1.29, 1.82) is 0 Å². The van der Waals surface area contributed by atoms with Gasteiger partial charge in [-0.1, -0.05) is 61.9 Å². The van der Waals surface area contributed by atoms with Crippen LogP contribution in [0.15, 0.2) is 121 Å². The number of esters is 1. The average Bonchev–Trinajstić information content (AvgIpc) is 4.14. The molecule has 0 radical (unpaired) electrons. The molecule has 0 aromatic heterocycles. The monoisotopic (exact) mass is 697 g/mol. The number of epoxide rings is 2. The molecule has 2 heterocycles. The highest BCUT2D eigenvalue weighted by Crippen LogP contribution is 2.28. The van der Waals surface area contributed by atoms with Crippen molar-refractivity contribution in [3.8, 4) is 39.5 Å². The lowest BCUT2D eigenvalue weighted by molar-refractivity contribution is 0.0734. The van der Waals surface area contributed by atoms with E-state index in [-0.39, 0.29) is 5.91 Å². The average molecular weight is 698 g/mol. The number of nitrogens with zero attached hydrogens (tertiary/aromatic N) is 1. The van der Waals surface area contributed by atoms with Crippen LogP contribution in [0.5, 0.6) is 17.2 Å². The Morgan fingerprint density at radius 3 is 1.46 bits per heavy atom. The molecule has 1 amide bonds. The molecule has 5 aromatic rings. The van der Waals surface area contributed by atoms with Gasteiger partial charge in [-0.15, -0.1) is 0 Å². The molecule has 2 fully saturated rings. The summed E-state index contributed by atoms with van der Waals surface area (Å²) in [6.45, 7) is 5.62. The number of benzene rings is 5. The van der Waals surface area contributed by atoms with Gasteiger partial charge in [-0.3, -0.25) is 4.79 Å². The van der Waals surface area contributed by atoms with Crippen molar-refractivity contribution in [2.75, 3.05) is 37.9 Å². The molecule has 2 unspecified atom stereocenters. The van der Waals surface area contributed by atoms with E-state index in [9.17, 15) is 9.59 Å². The van der Waals surface area contributed by atoms with E-state index in [1.807, 2.05) is 97.1 Å². The van der Waals surface area contributed by atoms with Gasteiger partial charge in [0.1, 0.15) is 17.2 Å². The minimum absolute atomic E-state index is 0.0842. The third-order valence-corrected chi connectivity index (χ3v) is 9.19. The lowest BCUT2D eigenvalue weighted by Crippen LogP contribution is -2.31. The van der Waals surface area contributed by atoms with Crippen molar-refractivity contribution in [3.05, 3.63) is 132 Å². The maximum absolute atomic E-state index is 13.8. The zero-order chi connectivity index (χ0) is 35.7. The summed E-state index contributed by atoms with van der Waals surface area (Å²) in [5, 5.41) is 0. The Morgan fingerprint density at radius 2 is 1.02 bits per heavy atom. The summed E-state index contributed by atoms with van der Waals surface area (Å²) in [4.78, 5) is 28.5. The first-order valence-electron chi connectivity index (χ1n) is 18.1. The third kappa shape index (κ3) is 9.46. The summed E-state index contributed by atoms with van der Waals surface area (Å²) in [5.41, 5.74) is 5.87. The first kappa shape index (κ1) is 35.0. The van der Waals surface area contributed by atoms with Crippen LogP contribution >= 0.6 is 0 Å². The molecule has 0 spiro atoms. The number of ether oxygens (including phenoxy) is 5. The second-order valence-corrected chi connectivity index (χ2v) is 13.1. The number of hydrogen-bond acceptors (Lipinski definition) is 7. The van der Waals surface area contributed by atoms with Crippen LogP contribution in [0.3, 0.4) is 0 Å². The van der Waals surface area contributed by atoms with Gasteiger partial charge in [-0.2, -0.15) is 0 Å². The summed E-state index contributed by atoms with van der Waals surface area (Å²) in [6.07, 6.45) is 4.32. The number of amides is 1. The van der Waals surface area contributed by atoms with Gasteiger partial charge in [0, 0.05) is 30.6 Å². The maximum Gasteiger partial charge on any atom is 0.343 e. The van der Waals surface area contributed by atoms with Crippen molar-refractivity contribution < 1.29 is 33.3 Å². The summed E-state index contributed by atoms with van der Waals surface area (Å²) < 4.78 is 27.8. The third-order valence-electron chi connectivity index (χ3n) is 9.19. The molecule has 0 saturated carbocycles. The van der Waals surface area contributed by atoms with Crippen LogP contribution in [0.2, 0.25) is 0 Å². The Bertz CT molecular complexity index is 1910. The second-order valence-electron chi connectivity index (χ2n) is 13.1. The molecule has 266 valence electrons. The lowest BCUT2D eigenvalue weighted by atomic mass is 10.0. The molecule has 8 heteroatoms. The smallest absolute Gasteiger partial charge is 0.343 e. The fraction of sp³-hybridized carbons (Fsp3) is 0.273. The van der Waals surface area contributed by atoms with E-state index in [0.29, 0.717) is 48.8 Å². The van der Waals surface area contributed by atoms with E-state index in [0.717, 1.165) is 78.3 Å². The van der Waals surface area contributed by atoms with Gasteiger partial charge in [-0.25, -0.2) is 4.79 Å². The molecule has 0 bridgehead atoms. The Morgan fingerprint density at radius 1 is 0.596 bits per heavy atom. The number of unbranched alkanes of at least 4 members (excludes halogenated alkanes) is 1.